The lowest BCUT2D eigenvalue weighted by Gasteiger charge is -2.23. The Balaban J connectivity index is 2.39. The van der Waals surface area contributed by atoms with Crippen LogP contribution in [0.25, 0.3) is 0 Å². The van der Waals surface area contributed by atoms with Gasteiger partial charge in [0.25, 0.3) is 0 Å². The summed E-state index contributed by atoms with van der Waals surface area (Å²) in [6.07, 6.45) is -1.71. The summed E-state index contributed by atoms with van der Waals surface area (Å²) in [6.45, 7) is 7.78. The minimum atomic E-state index is -4.28. The van der Waals surface area contributed by atoms with E-state index < -0.39 is 30.7 Å². The van der Waals surface area contributed by atoms with Crippen LogP contribution < -0.4 is 0 Å². The summed E-state index contributed by atoms with van der Waals surface area (Å²) in [5.41, 5.74) is 2.14. The number of halogens is 4. The maximum Gasteiger partial charge on any atom is 0.423 e. The van der Waals surface area contributed by atoms with E-state index in [1.54, 1.807) is 10.2 Å². The Hall–Kier alpha value is -1.12. The van der Waals surface area contributed by atoms with Crippen molar-refractivity contribution in [3.8, 4) is 0 Å². The fourth-order valence-corrected chi connectivity index (χ4v) is 4.19. The number of likely N-dealkylation sites (N-methyl/N-ethyl adjacent to an activating group) is 1. The SMILES string of the molecule is C=C1OC(C2=CC(C(F)(F)F)=IN2C)=NC(CC)=C1CC. The third-order valence-electron chi connectivity index (χ3n) is 3.13. The summed E-state index contributed by atoms with van der Waals surface area (Å²) in [5, 5.41) is 0. The molecule has 3 nitrogen and oxygen atoms in total. The predicted molar refractivity (Wildman–Crippen MR) is 86.2 cm³/mol. The van der Waals surface area contributed by atoms with Crippen LogP contribution in [0.3, 0.4) is 0 Å². The number of hydrogen-bond acceptors (Lipinski definition) is 3. The van der Waals surface area contributed by atoms with Crippen LogP contribution in [0.5, 0.6) is 0 Å². The molecule has 0 fully saturated rings. The number of alkyl halides is 3. The lowest BCUT2D eigenvalue weighted by molar-refractivity contribution is -0.0548. The van der Waals surface area contributed by atoms with E-state index in [1.807, 2.05) is 13.8 Å². The monoisotopic (exact) mass is 412 g/mol. The highest BCUT2D eigenvalue weighted by Gasteiger charge is 2.38. The summed E-state index contributed by atoms with van der Waals surface area (Å²) < 4.78 is 45.1. The largest absolute Gasteiger partial charge is 0.437 e. The molecule has 0 amide bonds. The van der Waals surface area contributed by atoms with Gasteiger partial charge in [0.2, 0.25) is 5.90 Å². The summed E-state index contributed by atoms with van der Waals surface area (Å²) in [5.74, 6) is 0.697. The standard InChI is InChI=1S/C14H16F3IN2O/c1-5-9-8(3)21-13(19-10(9)6-2)11-7-12(14(15,16)17)18-20(11)4/h7H,3,5-6H2,1-2,4H3. The molecule has 0 radical (unpaired) electrons. The van der Waals surface area contributed by atoms with Crippen molar-refractivity contribution in [3.63, 3.8) is 0 Å². The Bertz CT molecular complexity index is 600. The van der Waals surface area contributed by atoms with Gasteiger partial charge in [0, 0.05) is 33.6 Å². The second kappa shape index (κ2) is 5.94. The molecule has 2 heterocycles. The first kappa shape index (κ1) is 16.3. The molecule has 2 aliphatic rings. The molecule has 0 saturated carbocycles. The number of aliphatic imine (C=N–C) groups is 1. The molecule has 0 atom stereocenters. The normalized spacial score (nSPS) is 19.8. The van der Waals surface area contributed by atoms with Crippen LogP contribution in [0.1, 0.15) is 26.7 Å². The van der Waals surface area contributed by atoms with Crippen molar-refractivity contribution in [1.82, 2.24) is 3.11 Å². The van der Waals surface area contributed by atoms with Crippen molar-refractivity contribution < 1.29 is 17.9 Å². The minimum Gasteiger partial charge on any atom is -0.437 e. The number of ether oxygens (including phenoxy) is 1. The van der Waals surface area contributed by atoms with E-state index in [-0.39, 0.29) is 5.90 Å². The van der Waals surface area contributed by atoms with Gasteiger partial charge in [-0.25, -0.2) is 4.99 Å². The van der Waals surface area contributed by atoms with Gasteiger partial charge in [0.05, 0.1) is 5.70 Å². The zero-order valence-electron chi connectivity index (χ0n) is 12.0. The van der Waals surface area contributed by atoms with Crippen LogP contribution in [0.2, 0.25) is 0 Å². The third kappa shape index (κ3) is 3.22. The first-order valence-corrected chi connectivity index (χ1v) is 8.55. The lowest BCUT2D eigenvalue weighted by atomic mass is 10.1. The van der Waals surface area contributed by atoms with Crippen molar-refractivity contribution in [2.24, 2.45) is 4.99 Å². The first-order valence-electron chi connectivity index (χ1n) is 6.50. The Labute approximate surface area is 132 Å². The molecular weight excluding hydrogens is 396 g/mol. The van der Waals surface area contributed by atoms with E-state index in [1.165, 1.54) is 0 Å². The van der Waals surface area contributed by atoms with Crippen LogP contribution >= 0.6 is 21.0 Å². The molecule has 0 aliphatic carbocycles. The fraction of sp³-hybridized carbons (Fsp3) is 0.429. The fourth-order valence-electron chi connectivity index (χ4n) is 2.09. The van der Waals surface area contributed by atoms with Crippen LogP contribution in [0.15, 0.2) is 40.4 Å². The highest BCUT2D eigenvalue weighted by molar-refractivity contribution is 14.2. The number of allylic oxidation sites excluding steroid dienone is 3. The van der Waals surface area contributed by atoms with E-state index >= 15 is 0 Å². The third-order valence-corrected chi connectivity index (χ3v) is 5.82. The van der Waals surface area contributed by atoms with Crippen molar-refractivity contribution in [1.29, 1.82) is 0 Å². The Morgan fingerprint density at radius 2 is 2.00 bits per heavy atom. The van der Waals surface area contributed by atoms with E-state index in [0.29, 0.717) is 17.9 Å². The molecule has 0 spiro atoms. The molecule has 0 aromatic carbocycles. The molecular formula is C14H16F3IN2O. The van der Waals surface area contributed by atoms with E-state index in [0.717, 1.165) is 23.8 Å². The molecule has 0 bridgehead atoms. The highest BCUT2D eigenvalue weighted by Crippen LogP contribution is 2.36. The zero-order valence-corrected chi connectivity index (χ0v) is 14.2. The van der Waals surface area contributed by atoms with E-state index in [2.05, 4.69) is 11.6 Å². The Morgan fingerprint density at radius 3 is 2.48 bits per heavy atom. The van der Waals surface area contributed by atoms with Crippen LogP contribution in [-0.2, 0) is 4.74 Å². The Kier molecular flexibility index (Phi) is 4.60. The number of hydrogen-bond donors (Lipinski definition) is 0. The van der Waals surface area contributed by atoms with Crippen molar-refractivity contribution >= 4 is 30.4 Å². The van der Waals surface area contributed by atoms with Gasteiger partial charge in [-0.3, -0.25) is 0 Å². The number of rotatable bonds is 3. The van der Waals surface area contributed by atoms with Gasteiger partial charge in [-0.05, 0) is 18.9 Å². The summed E-state index contributed by atoms with van der Waals surface area (Å²) in [4.78, 5) is 4.39. The molecule has 0 unspecified atom stereocenters. The van der Waals surface area contributed by atoms with Gasteiger partial charge in [-0.1, -0.05) is 20.4 Å². The van der Waals surface area contributed by atoms with Crippen LogP contribution in [-0.4, -0.2) is 25.7 Å². The van der Waals surface area contributed by atoms with Gasteiger partial charge >= 0.3 is 6.18 Å². The number of nitrogens with zero attached hydrogens (tertiary/aromatic N) is 2. The van der Waals surface area contributed by atoms with Crippen LogP contribution in [0.4, 0.5) is 13.2 Å². The molecule has 2 aliphatic heterocycles. The molecule has 0 aromatic heterocycles. The smallest absolute Gasteiger partial charge is 0.423 e. The second-order valence-electron chi connectivity index (χ2n) is 4.51. The summed E-state index contributed by atoms with van der Waals surface area (Å²) in [7, 11) is 1.64. The second-order valence-corrected chi connectivity index (χ2v) is 7.60. The molecule has 116 valence electrons. The van der Waals surface area contributed by atoms with Crippen LogP contribution in [0, 0.1) is 0 Å². The van der Waals surface area contributed by atoms with Gasteiger partial charge in [0.15, 0.2) is 0 Å². The van der Waals surface area contributed by atoms with Gasteiger partial charge < -0.3 is 7.85 Å². The van der Waals surface area contributed by atoms with Gasteiger partial charge in [-0.15, -0.1) is 0 Å². The Morgan fingerprint density at radius 1 is 1.33 bits per heavy atom. The maximum absolute atomic E-state index is 12.8. The average Bonchev–Trinajstić information content (AvgIpc) is 2.79. The first-order chi connectivity index (χ1) is 9.77. The van der Waals surface area contributed by atoms with Crippen molar-refractivity contribution in [2.75, 3.05) is 7.05 Å². The average molecular weight is 412 g/mol. The molecule has 0 aromatic rings. The molecule has 0 N–H and O–H groups in total. The predicted octanol–water partition coefficient (Wildman–Crippen LogP) is 4.45. The van der Waals surface area contributed by atoms with Gasteiger partial charge in [0.1, 0.15) is 15.0 Å². The molecule has 7 heteroatoms. The minimum absolute atomic E-state index is 0.218. The maximum atomic E-state index is 12.8. The zero-order chi connectivity index (χ0) is 15.8. The quantitative estimate of drug-likeness (QED) is 0.506. The molecule has 0 saturated heterocycles. The van der Waals surface area contributed by atoms with E-state index in [4.69, 9.17) is 4.74 Å². The highest BCUT2D eigenvalue weighted by atomic mass is 127. The van der Waals surface area contributed by atoms with Gasteiger partial charge in [-0.2, -0.15) is 13.2 Å². The van der Waals surface area contributed by atoms with Crippen molar-refractivity contribution in [2.45, 2.75) is 32.9 Å². The molecule has 2 rings (SSSR count). The topological polar surface area (TPSA) is 24.8 Å². The summed E-state index contributed by atoms with van der Waals surface area (Å²) in [6, 6.07) is 0. The lowest BCUT2D eigenvalue weighted by Crippen LogP contribution is -2.21. The molecule has 21 heavy (non-hydrogen) atoms. The van der Waals surface area contributed by atoms with Crippen molar-refractivity contribution in [3.05, 3.63) is 35.4 Å². The van der Waals surface area contributed by atoms with E-state index in [9.17, 15) is 13.2 Å². The summed E-state index contributed by atoms with van der Waals surface area (Å²) >= 11 is -1.27.